The Kier molecular flexibility index (Phi) is 3.04. The monoisotopic (exact) mass is 207 g/mol. The molecule has 0 amide bonds. The lowest BCUT2D eigenvalue weighted by Crippen LogP contribution is -2.06. The summed E-state index contributed by atoms with van der Waals surface area (Å²) in [4.78, 5) is 8.55. The van der Waals surface area contributed by atoms with Gasteiger partial charge in [0, 0.05) is 12.1 Å². The van der Waals surface area contributed by atoms with Gasteiger partial charge in [-0.3, -0.25) is 0 Å². The molecular weight excluding hydrogens is 190 g/mol. The molecule has 0 aliphatic heterocycles. The summed E-state index contributed by atoms with van der Waals surface area (Å²) >= 11 is 0. The van der Waals surface area contributed by atoms with Crippen molar-refractivity contribution in [1.82, 2.24) is 9.97 Å². The van der Waals surface area contributed by atoms with Crippen LogP contribution in [0.1, 0.15) is 32.0 Å². The van der Waals surface area contributed by atoms with Gasteiger partial charge < -0.3 is 10.1 Å². The van der Waals surface area contributed by atoms with Crippen LogP contribution in [-0.4, -0.2) is 22.6 Å². The van der Waals surface area contributed by atoms with Crippen molar-refractivity contribution in [3.63, 3.8) is 0 Å². The molecule has 1 saturated carbocycles. The van der Waals surface area contributed by atoms with Crippen molar-refractivity contribution in [3.8, 4) is 5.88 Å². The largest absolute Gasteiger partial charge is 0.478 e. The van der Waals surface area contributed by atoms with E-state index >= 15 is 0 Å². The molecule has 0 spiro atoms. The van der Waals surface area contributed by atoms with Crippen LogP contribution in [-0.2, 0) is 0 Å². The van der Waals surface area contributed by atoms with E-state index in [0.29, 0.717) is 18.5 Å². The van der Waals surface area contributed by atoms with Crippen LogP contribution < -0.4 is 10.1 Å². The Hall–Kier alpha value is -1.32. The third-order valence-corrected chi connectivity index (χ3v) is 2.20. The van der Waals surface area contributed by atoms with Crippen molar-refractivity contribution < 1.29 is 4.74 Å². The second kappa shape index (κ2) is 4.47. The first kappa shape index (κ1) is 10.2. The lowest BCUT2D eigenvalue weighted by molar-refractivity contribution is 0.304. The van der Waals surface area contributed by atoms with Crippen molar-refractivity contribution >= 4 is 5.82 Å². The van der Waals surface area contributed by atoms with E-state index in [1.807, 2.05) is 13.0 Å². The predicted octanol–water partition coefficient (Wildman–Crippen LogP) is 2.15. The first-order valence-corrected chi connectivity index (χ1v) is 5.53. The SMILES string of the molecule is CCCOc1cc(NC2CC2)nc(C)n1. The van der Waals surface area contributed by atoms with Gasteiger partial charge in [0.25, 0.3) is 0 Å². The topological polar surface area (TPSA) is 47.0 Å². The Bertz CT molecular complexity index is 337. The third kappa shape index (κ3) is 3.08. The number of aryl methyl sites for hydroxylation is 1. The van der Waals surface area contributed by atoms with Crippen molar-refractivity contribution in [1.29, 1.82) is 0 Å². The van der Waals surface area contributed by atoms with Crippen LogP contribution in [0.4, 0.5) is 5.82 Å². The first-order chi connectivity index (χ1) is 7.28. The maximum absolute atomic E-state index is 5.49. The quantitative estimate of drug-likeness (QED) is 0.803. The van der Waals surface area contributed by atoms with Gasteiger partial charge in [-0.15, -0.1) is 0 Å². The molecule has 4 heteroatoms. The van der Waals surface area contributed by atoms with Gasteiger partial charge in [-0.2, -0.15) is 4.98 Å². The summed E-state index contributed by atoms with van der Waals surface area (Å²) in [5, 5.41) is 3.34. The number of aromatic nitrogens is 2. The zero-order valence-electron chi connectivity index (χ0n) is 9.29. The standard InChI is InChI=1S/C11H17N3O/c1-3-6-15-11-7-10(12-8(2)13-11)14-9-4-5-9/h7,9H,3-6H2,1-2H3,(H,12,13,14). The molecule has 0 atom stereocenters. The van der Waals surface area contributed by atoms with Gasteiger partial charge in [-0.25, -0.2) is 4.98 Å². The van der Waals surface area contributed by atoms with Gasteiger partial charge in [0.05, 0.1) is 6.61 Å². The van der Waals surface area contributed by atoms with E-state index in [-0.39, 0.29) is 0 Å². The molecular formula is C11H17N3O. The molecule has 1 aromatic rings. The number of hydrogen-bond acceptors (Lipinski definition) is 4. The van der Waals surface area contributed by atoms with Gasteiger partial charge in [-0.1, -0.05) is 6.92 Å². The van der Waals surface area contributed by atoms with Crippen LogP contribution in [0.25, 0.3) is 0 Å². The molecule has 82 valence electrons. The van der Waals surface area contributed by atoms with Gasteiger partial charge >= 0.3 is 0 Å². The van der Waals surface area contributed by atoms with Gasteiger partial charge in [0.15, 0.2) is 0 Å². The molecule has 2 rings (SSSR count). The molecule has 4 nitrogen and oxygen atoms in total. The van der Waals surface area contributed by atoms with Crippen molar-refractivity contribution in [2.24, 2.45) is 0 Å². The minimum absolute atomic E-state index is 0.610. The van der Waals surface area contributed by atoms with Crippen molar-refractivity contribution in [2.75, 3.05) is 11.9 Å². The van der Waals surface area contributed by atoms with Crippen LogP contribution in [0.5, 0.6) is 5.88 Å². The lowest BCUT2D eigenvalue weighted by Gasteiger charge is -2.08. The molecule has 0 aromatic carbocycles. The minimum Gasteiger partial charge on any atom is -0.478 e. The van der Waals surface area contributed by atoms with E-state index in [0.717, 1.165) is 18.1 Å². The fraction of sp³-hybridized carbons (Fsp3) is 0.636. The molecule has 1 heterocycles. The van der Waals surface area contributed by atoms with Crippen molar-refractivity contribution in [2.45, 2.75) is 39.2 Å². The van der Waals surface area contributed by atoms with E-state index in [1.54, 1.807) is 0 Å². The van der Waals surface area contributed by atoms with E-state index in [1.165, 1.54) is 12.8 Å². The molecule has 1 N–H and O–H groups in total. The maximum Gasteiger partial charge on any atom is 0.218 e. The molecule has 1 fully saturated rings. The molecule has 0 radical (unpaired) electrons. The second-order valence-corrected chi connectivity index (χ2v) is 3.91. The fourth-order valence-corrected chi connectivity index (χ4v) is 1.33. The number of hydrogen-bond donors (Lipinski definition) is 1. The minimum atomic E-state index is 0.610. The predicted molar refractivity (Wildman–Crippen MR) is 59.2 cm³/mol. The summed E-state index contributed by atoms with van der Waals surface area (Å²) in [5.74, 6) is 2.32. The van der Waals surface area contributed by atoms with Gasteiger partial charge in [-0.05, 0) is 26.2 Å². The van der Waals surface area contributed by atoms with E-state index in [9.17, 15) is 0 Å². The second-order valence-electron chi connectivity index (χ2n) is 3.91. The first-order valence-electron chi connectivity index (χ1n) is 5.53. The highest BCUT2D eigenvalue weighted by molar-refractivity contribution is 5.40. The molecule has 1 aromatic heterocycles. The highest BCUT2D eigenvalue weighted by Crippen LogP contribution is 2.24. The maximum atomic E-state index is 5.49. The van der Waals surface area contributed by atoms with Crippen LogP contribution >= 0.6 is 0 Å². The van der Waals surface area contributed by atoms with E-state index < -0.39 is 0 Å². The Labute approximate surface area is 90.1 Å². The van der Waals surface area contributed by atoms with Gasteiger partial charge in [0.1, 0.15) is 11.6 Å². The Balaban J connectivity index is 2.05. The fourth-order valence-electron chi connectivity index (χ4n) is 1.33. The van der Waals surface area contributed by atoms with Crippen LogP contribution in [0.15, 0.2) is 6.07 Å². The summed E-state index contributed by atoms with van der Waals surface area (Å²) in [5.41, 5.74) is 0. The average Bonchev–Trinajstić information content (AvgIpc) is 2.98. The molecule has 15 heavy (non-hydrogen) atoms. The third-order valence-electron chi connectivity index (χ3n) is 2.20. The van der Waals surface area contributed by atoms with Crippen LogP contribution in [0.3, 0.4) is 0 Å². The number of anilines is 1. The zero-order chi connectivity index (χ0) is 10.7. The van der Waals surface area contributed by atoms with Gasteiger partial charge in [0.2, 0.25) is 5.88 Å². The molecule has 0 bridgehead atoms. The molecule has 0 unspecified atom stereocenters. The van der Waals surface area contributed by atoms with E-state index in [4.69, 9.17) is 4.74 Å². The normalized spacial score (nSPS) is 15.1. The summed E-state index contributed by atoms with van der Waals surface area (Å²) in [7, 11) is 0. The lowest BCUT2D eigenvalue weighted by atomic mass is 10.5. The number of nitrogens with one attached hydrogen (secondary N) is 1. The Morgan fingerprint density at radius 1 is 1.47 bits per heavy atom. The van der Waals surface area contributed by atoms with E-state index in [2.05, 4.69) is 22.2 Å². The Morgan fingerprint density at radius 2 is 2.27 bits per heavy atom. The summed E-state index contributed by atoms with van der Waals surface area (Å²) < 4.78 is 5.49. The number of nitrogens with zero attached hydrogens (tertiary/aromatic N) is 2. The molecule has 0 saturated heterocycles. The highest BCUT2D eigenvalue weighted by atomic mass is 16.5. The highest BCUT2D eigenvalue weighted by Gasteiger charge is 2.21. The zero-order valence-corrected chi connectivity index (χ0v) is 9.29. The van der Waals surface area contributed by atoms with Crippen LogP contribution in [0, 0.1) is 6.92 Å². The molecule has 1 aliphatic carbocycles. The summed E-state index contributed by atoms with van der Waals surface area (Å²) in [6.45, 7) is 4.67. The smallest absolute Gasteiger partial charge is 0.218 e. The average molecular weight is 207 g/mol. The summed E-state index contributed by atoms with van der Waals surface area (Å²) in [6.07, 6.45) is 3.48. The van der Waals surface area contributed by atoms with Crippen LogP contribution in [0.2, 0.25) is 0 Å². The number of ether oxygens (including phenoxy) is 1. The summed E-state index contributed by atoms with van der Waals surface area (Å²) in [6, 6.07) is 2.49. The Morgan fingerprint density at radius 3 is 2.93 bits per heavy atom. The molecule has 1 aliphatic rings. The van der Waals surface area contributed by atoms with Crippen molar-refractivity contribution in [3.05, 3.63) is 11.9 Å². The number of rotatable bonds is 5.